The molecule has 0 saturated carbocycles. The van der Waals surface area contributed by atoms with Crippen LogP contribution in [0.4, 0.5) is 0 Å². The van der Waals surface area contributed by atoms with Crippen LogP contribution in [-0.2, 0) is 0 Å². The van der Waals surface area contributed by atoms with Crippen molar-refractivity contribution in [1.29, 1.82) is 0 Å². The van der Waals surface area contributed by atoms with E-state index < -0.39 is 0 Å². The second-order valence-corrected chi connectivity index (χ2v) is 8.91. The summed E-state index contributed by atoms with van der Waals surface area (Å²) in [6, 6.07) is 15.9. The molecule has 28 heavy (non-hydrogen) atoms. The van der Waals surface area contributed by atoms with Crippen molar-refractivity contribution in [3.05, 3.63) is 59.7 Å². The number of carbonyl (C=O) groups is 2. The number of benzene rings is 2. The van der Waals surface area contributed by atoms with Crippen LogP contribution in [0.25, 0.3) is 0 Å². The Morgan fingerprint density at radius 2 is 1.71 bits per heavy atom. The fourth-order valence-corrected chi connectivity index (χ4v) is 5.42. The molecule has 0 spiro atoms. The highest BCUT2D eigenvalue weighted by atomic mass is 32.2. The third-order valence-corrected chi connectivity index (χ3v) is 7.17. The lowest BCUT2D eigenvalue weighted by molar-refractivity contribution is 0.0217. The number of hydrogen-bond donors (Lipinski definition) is 1. The van der Waals surface area contributed by atoms with Gasteiger partial charge in [-0.25, -0.2) is 0 Å². The summed E-state index contributed by atoms with van der Waals surface area (Å²) in [5.41, 5.74) is 1.42. The minimum absolute atomic E-state index is 0.00582. The zero-order valence-corrected chi connectivity index (χ0v) is 17.2. The normalized spacial score (nSPS) is 26.1. The highest BCUT2D eigenvalue weighted by Gasteiger charge is 2.40. The number of ketones is 1. The van der Waals surface area contributed by atoms with Gasteiger partial charge in [0.25, 0.3) is 5.91 Å². The predicted octanol–water partition coefficient (Wildman–Crippen LogP) is 4.25. The molecule has 3 fully saturated rings. The first kappa shape index (κ1) is 19.2. The van der Waals surface area contributed by atoms with Crippen molar-refractivity contribution < 1.29 is 9.59 Å². The molecule has 2 atom stereocenters. The Hall–Kier alpha value is -2.11. The van der Waals surface area contributed by atoms with E-state index in [1.54, 1.807) is 18.7 Å². The van der Waals surface area contributed by atoms with Crippen molar-refractivity contribution in [2.75, 3.05) is 13.1 Å². The summed E-state index contributed by atoms with van der Waals surface area (Å²) in [6.45, 7) is 6.13. The topological polar surface area (TPSA) is 49.4 Å². The van der Waals surface area contributed by atoms with E-state index in [2.05, 4.69) is 17.1 Å². The molecular weight excluding hydrogens is 368 g/mol. The minimum Gasteiger partial charge on any atom is -0.347 e. The molecule has 2 bridgehead atoms. The van der Waals surface area contributed by atoms with Crippen molar-refractivity contribution in [2.45, 2.75) is 48.6 Å². The van der Waals surface area contributed by atoms with Crippen molar-refractivity contribution >= 4 is 23.5 Å². The van der Waals surface area contributed by atoms with E-state index >= 15 is 0 Å². The lowest BCUT2D eigenvalue weighted by atomic mass is 9.79. The number of piperidine rings is 3. The van der Waals surface area contributed by atoms with E-state index in [1.165, 1.54) is 12.8 Å². The molecule has 4 nitrogen and oxygen atoms in total. The van der Waals surface area contributed by atoms with Crippen LogP contribution in [0.3, 0.4) is 0 Å². The quantitative estimate of drug-likeness (QED) is 0.770. The van der Waals surface area contributed by atoms with E-state index in [1.807, 2.05) is 48.5 Å². The monoisotopic (exact) mass is 394 g/mol. The first-order valence-corrected chi connectivity index (χ1v) is 10.8. The molecule has 0 radical (unpaired) electrons. The van der Waals surface area contributed by atoms with E-state index in [0.717, 1.165) is 28.4 Å². The Labute approximate surface area is 170 Å². The Bertz CT molecular complexity index is 870. The lowest BCUT2D eigenvalue weighted by Gasteiger charge is -2.49. The van der Waals surface area contributed by atoms with E-state index in [0.29, 0.717) is 17.5 Å². The van der Waals surface area contributed by atoms with E-state index in [-0.39, 0.29) is 17.7 Å². The lowest BCUT2D eigenvalue weighted by Crippen LogP contribution is -2.62. The average Bonchev–Trinajstić information content (AvgIpc) is 2.71. The first-order valence-electron chi connectivity index (χ1n) is 9.96. The second-order valence-electron chi connectivity index (χ2n) is 7.79. The zero-order valence-electron chi connectivity index (χ0n) is 16.4. The summed E-state index contributed by atoms with van der Waals surface area (Å²) < 4.78 is 0. The van der Waals surface area contributed by atoms with E-state index in [9.17, 15) is 9.59 Å². The van der Waals surface area contributed by atoms with E-state index in [4.69, 9.17) is 0 Å². The Kier molecular flexibility index (Phi) is 5.56. The molecule has 3 saturated heterocycles. The molecule has 2 unspecified atom stereocenters. The second kappa shape index (κ2) is 8.10. The predicted molar refractivity (Wildman–Crippen MR) is 112 cm³/mol. The molecule has 1 N–H and O–H groups in total. The maximum atomic E-state index is 12.8. The summed E-state index contributed by atoms with van der Waals surface area (Å²) in [5, 5.41) is 3.28. The van der Waals surface area contributed by atoms with Crippen LogP contribution in [0.1, 0.15) is 47.4 Å². The maximum Gasteiger partial charge on any atom is 0.251 e. The summed E-state index contributed by atoms with van der Waals surface area (Å²) in [7, 11) is 0. The first-order chi connectivity index (χ1) is 13.5. The number of Topliss-reactive ketones (excluding diaryl/α,β-unsaturated/α-hetero) is 1. The van der Waals surface area contributed by atoms with Gasteiger partial charge in [0.05, 0.1) is 0 Å². The molecule has 146 valence electrons. The van der Waals surface area contributed by atoms with Gasteiger partial charge in [0.1, 0.15) is 0 Å². The Balaban J connectivity index is 1.43. The van der Waals surface area contributed by atoms with Crippen molar-refractivity contribution in [3.63, 3.8) is 0 Å². The van der Waals surface area contributed by atoms with Gasteiger partial charge in [-0.05, 0) is 76.0 Å². The molecule has 5 rings (SSSR count). The highest BCUT2D eigenvalue weighted by molar-refractivity contribution is 7.99. The van der Waals surface area contributed by atoms with Crippen LogP contribution in [0.2, 0.25) is 0 Å². The molecule has 3 aliphatic rings. The minimum atomic E-state index is 0.00582. The summed E-state index contributed by atoms with van der Waals surface area (Å²) >= 11 is 1.55. The van der Waals surface area contributed by atoms with Gasteiger partial charge in [-0.2, -0.15) is 0 Å². The number of rotatable bonds is 5. The van der Waals surface area contributed by atoms with Gasteiger partial charge >= 0.3 is 0 Å². The molecule has 0 aliphatic carbocycles. The average molecular weight is 395 g/mol. The van der Waals surface area contributed by atoms with Gasteiger partial charge in [-0.3, -0.25) is 14.5 Å². The molecule has 5 heteroatoms. The smallest absolute Gasteiger partial charge is 0.251 e. The van der Waals surface area contributed by atoms with Crippen LogP contribution in [0.5, 0.6) is 0 Å². The number of nitrogens with one attached hydrogen (secondary N) is 1. The number of amides is 1. The summed E-state index contributed by atoms with van der Waals surface area (Å²) in [6.07, 6.45) is 2.36. The molecular formula is C23H26N2O2S. The van der Waals surface area contributed by atoms with Crippen LogP contribution >= 0.6 is 11.8 Å². The number of nitrogens with zero attached hydrogens (tertiary/aromatic N) is 1. The van der Waals surface area contributed by atoms with Gasteiger partial charge in [-0.15, -0.1) is 0 Å². The van der Waals surface area contributed by atoms with Crippen LogP contribution in [0.15, 0.2) is 58.3 Å². The van der Waals surface area contributed by atoms with Crippen LogP contribution in [0, 0.1) is 5.92 Å². The number of carbonyl (C=O) groups excluding carboxylic acids is 2. The largest absolute Gasteiger partial charge is 0.347 e. The van der Waals surface area contributed by atoms with Gasteiger partial charge in [-0.1, -0.05) is 30.0 Å². The van der Waals surface area contributed by atoms with Gasteiger partial charge in [0.15, 0.2) is 5.78 Å². The van der Waals surface area contributed by atoms with Crippen molar-refractivity contribution in [1.82, 2.24) is 10.2 Å². The SMILES string of the molecule is CC(=O)c1ccccc1Sc1ccc(C(=O)NC2C3CCN(CC3)C2C)cc1. The van der Waals surface area contributed by atoms with Crippen molar-refractivity contribution in [2.24, 2.45) is 5.92 Å². The zero-order chi connectivity index (χ0) is 19.7. The Morgan fingerprint density at radius 3 is 2.36 bits per heavy atom. The third-order valence-electron chi connectivity index (χ3n) is 6.09. The summed E-state index contributed by atoms with van der Waals surface area (Å²) in [4.78, 5) is 29.0. The molecule has 2 aromatic carbocycles. The molecule has 3 aliphatic heterocycles. The van der Waals surface area contributed by atoms with Crippen LogP contribution < -0.4 is 5.32 Å². The Morgan fingerprint density at radius 1 is 1.04 bits per heavy atom. The highest BCUT2D eigenvalue weighted by Crippen LogP contribution is 2.33. The van der Waals surface area contributed by atoms with Crippen molar-refractivity contribution in [3.8, 4) is 0 Å². The molecule has 3 heterocycles. The third kappa shape index (κ3) is 3.87. The fourth-order valence-electron chi connectivity index (χ4n) is 4.43. The maximum absolute atomic E-state index is 12.8. The van der Waals surface area contributed by atoms with Gasteiger partial charge in [0, 0.05) is 33.0 Å². The van der Waals surface area contributed by atoms with Crippen LogP contribution in [-0.4, -0.2) is 41.8 Å². The van der Waals surface area contributed by atoms with Gasteiger partial charge < -0.3 is 5.32 Å². The number of hydrogen-bond acceptors (Lipinski definition) is 4. The molecule has 2 aromatic rings. The molecule has 0 aromatic heterocycles. The van der Waals surface area contributed by atoms with Gasteiger partial charge in [0.2, 0.25) is 0 Å². The standard InChI is InChI=1S/C23H26N2O2S/c1-15-22(17-11-13-25(15)14-12-17)24-23(27)18-7-9-19(10-8-18)28-21-6-4-3-5-20(21)16(2)26/h3-10,15,17,22H,11-14H2,1-2H3,(H,24,27). The number of fused-ring (bicyclic) bond motifs is 3. The molecule has 1 amide bonds. The summed E-state index contributed by atoms with van der Waals surface area (Å²) in [5.74, 6) is 0.666. The fraction of sp³-hybridized carbons (Fsp3) is 0.391.